The van der Waals surface area contributed by atoms with Gasteiger partial charge in [-0.2, -0.15) is 0 Å². The molecular weight excluding hydrogens is 238 g/mol. The van der Waals surface area contributed by atoms with Gasteiger partial charge in [0, 0.05) is 6.04 Å². The van der Waals surface area contributed by atoms with Crippen molar-refractivity contribution >= 4 is 23.6 Å². The van der Waals surface area contributed by atoms with E-state index in [0.717, 1.165) is 37.9 Å². The first-order valence-electron chi connectivity index (χ1n) is 6.31. The Balaban J connectivity index is 1.81. The van der Waals surface area contributed by atoms with Crippen LogP contribution in [-0.2, 0) is 9.59 Å². The van der Waals surface area contributed by atoms with Crippen molar-refractivity contribution < 1.29 is 14.7 Å². The van der Waals surface area contributed by atoms with E-state index in [4.69, 9.17) is 5.11 Å². The highest BCUT2D eigenvalue weighted by atomic mass is 32.2. The van der Waals surface area contributed by atoms with Crippen molar-refractivity contribution in [2.24, 2.45) is 5.92 Å². The number of carboxylic acid groups (broad SMARTS) is 1. The third-order valence-corrected chi connectivity index (χ3v) is 4.97. The van der Waals surface area contributed by atoms with E-state index >= 15 is 0 Å². The van der Waals surface area contributed by atoms with Crippen molar-refractivity contribution in [3.63, 3.8) is 0 Å². The minimum atomic E-state index is -0.723. The lowest BCUT2D eigenvalue weighted by Crippen LogP contribution is -2.43. The van der Waals surface area contributed by atoms with Gasteiger partial charge in [0.15, 0.2) is 0 Å². The van der Waals surface area contributed by atoms with Crippen LogP contribution in [-0.4, -0.2) is 34.0 Å². The molecule has 4 nitrogen and oxygen atoms in total. The van der Waals surface area contributed by atoms with E-state index in [9.17, 15) is 9.59 Å². The van der Waals surface area contributed by atoms with Gasteiger partial charge in [-0.05, 0) is 37.9 Å². The second-order valence-electron chi connectivity index (χ2n) is 4.91. The number of nitrogens with one attached hydrogen (secondary N) is 1. The van der Waals surface area contributed by atoms with Crippen molar-refractivity contribution in [3.8, 4) is 0 Å². The highest BCUT2D eigenvalue weighted by Crippen LogP contribution is 2.28. The molecule has 17 heavy (non-hydrogen) atoms. The summed E-state index contributed by atoms with van der Waals surface area (Å²) in [6.07, 6.45) is 5.25. The summed E-state index contributed by atoms with van der Waals surface area (Å²) in [5.41, 5.74) is 0. The number of carboxylic acids is 1. The van der Waals surface area contributed by atoms with Crippen LogP contribution in [0, 0.1) is 5.92 Å². The van der Waals surface area contributed by atoms with Crippen molar-refractivity contribution in [1.29, 1.82) is 0 Å². The van der Waals surface area contributed by atoms with E-state index in [1.165, 1.54) is 0 Å². The topological polar surface area (TPSA) is 66.4 Å². The van der Waals surface area contributed by atoms with Crippen LogP contribution in [0.25, 0.3) is 0 Å². The van der Waals surface area contributed by atoms with Gasteiger partial charge in [0.05, 0.1) is 11.2 Å². The van der Waals surface area contributed by atoms with Crippen LogP contribution in [0.4, 0.5) is 0 Å². The fourth-order valence-electron chi connectivity index (χ4n) is 2.62. The molecule has 5 heteroatoms. The van der Waals surface area contributed by atoms with Gasteiger partial charge in [-0.1, -0.05) is 6.42 Å². The lowest BCUT2D eigenvalue weighted by Gasteiger charge is -2.28. The van der Waals surface area contributed by atoms with Gasteiger partial charge in [-0.25, -0.2) is 0 Å². The first-order chi connectivity index (χ1) is 8.16. The van der Waals surface area contributed by atoms with Crippen LogP contribution in [0.5, 0.6) is 0 Å². The quantitative estimate of drug-likeness (QED) is 0.806. The molecule has 2 N–H and O–H groups in total. The zero-order chi connectivity index (χ0) is 12.3. The first-order valence-corrected chi connectivity index (χ1v) is 7.36. The molecule has 1 saturated carbocycles. The Kier molecular flexibility index (Phi) is 4.31. The molecule has 1 saturated heterocycles. The molecule has 2 rings (SSSR count). The Morgan fingerprint density at radius 3 is 2.65 bits per heavy atom. The fourth-order valence-corrected chi connectivity index (χ4v) is 3.79. The fraction of sp³-hybridized carbons (Fsp3) is 0.833. The number of amides is 1. The Bertz CT molecular complexity index is 302. The monoisotopic (exact) mass is 257 g/mol. The summed E-state index contributed by atoms with van der Waals surface area (Å²) in [6, 6.07) is 0.0681. The Labute approximate surface area is 106 Å². The average Bonchev–Trinajstić information content (AvgIpc) is 2.82. The Morgan fingerprint density at radius 1 is 1.18 bits per heavy atom. The molecule has 1 heterocycles. The first kappa shape index (κ1) is 12.7. The number of carbonyl (C=O) groups excluding carboxylic acids is 1. The summed E-state index contributed by atoms with van der Waals surface area (Å²) in [5.74, 6) is 0.188. The van der Waals surface area contributed by atoms with E-state index in [1.807, 2.05) is 0 Å². The molecule has 1 aliphatic carbocycles. The molecule has 2 aliphatic rings. The number of hydrogen-bond acceptors (Lipinski definition) is 3. The summed E-state index contributed by atoms with van der Waals surface area (Å²) in [5, 5.41) is 12.1. The van der Waals surface area contributed by atoms with E-state index < -0.39 is 5.97 Å². The van der Waals surface area contributed by atoms with Gasteiger partial charge in [0.25, 0.3) is 0 Å². The molecule has 0 aromatic heterocycles. The predicted molar refractivity (Wildman–Crippen MR) is 67.0 cm³/mol. The number of rotatable bonds is 3. The highest BCUT2D eigenvalue weighted by Gasteiger charge is 2.30. The lowest BCUT2D eigenvalue weighted by molar-refractivity contribution is -0.143. The minimum Gasteiger partial charge on any atom is -0.481 e. The molecule has 0 spiro atoms. The predicted octanol–water partition coefficient (Wildman–Crippen LogP) is 1.64. The van der Waals surface area contributed by atoms with Crippen LogP contribution >= 0.6 is 11.8 Å². The van der Waals surface area contributed by atoms with Gasteiger partial charge in [0.2, 0.25) is 5.91 Å². The summed E-state index contributed by atoms with van der Waals surface area (Å²) in [6.45, 7) is 0. The molecular formula is C12H19NO3S. The average molecular weight is 257 g/mol. The molecule has 3 unspecified atom stereocenters. The molecule has 1 aliphatic heterocycles. The zero-order valence-corrected chi connectivity index (χ0v) is 10.7. The Hall–Kier alpha value is -0.710. The number of thioether (sulfide) groups is 1. The molecule has 1 amide bonds. The van der Waals surface area contributed by atoms with Crippen LogP contribution in [0.1, 0.15) is 38.5 Å². The SMILES string of the molecule is O=C(O)C1CCCC(NC(=O)C2CCCS2)C1. The third-order valence-electron chi connectivity index (χ3n) is 3.59. The van der Waals surface area contributed by atoms with E-state index in [1.54, 1.807) is 11.8 Å². The standard InChI is InChI=1S/C12H19NO3S/c14-11(10-5-2-6-17-10)13-9-4-1-3-8(7-9)12(15)16/h8-10H,1-7H2,(H,13,14)(H,15,16). The van der Waals surface area contributed by atoms with E-state index in [-0.39, 0.29) is 23.1 Å². The Morgan fingerprint density at radius 2 is 2.00 bits per heavy atom. The molecule has 0 radical (unpaired) electrons. The molecule has 0 bridgehead atoms. The van der Waals surface area contributed by atoms with Crippen LogP contribution in [0.15, 0.2) is 0 Å². The number of aliphatic carboxylic acids is 1. The summed E-state index contributed by atoms with van der Waals surface area (Å²) in [7, 11) is 0. The van der Waals surface area contributed by atoms with Gasteiger partial charge in [-0.15, -0.1) is 11.8 Å². The van der Waals surface area contributed by atoms with Gasteiger partial charge in [0.1, 0.15) is 0 Å². The summed E-state index contributed by atoms with van der Waals surface area (Å²) < 4.78 is 0. The van der Waals surface area contributed by atoms with Crippen LogP contribution in [0.3, 0.4) is 0 Å². The summed E-state index contributed by atoms with van der Waals surface area (Å²) >= 11 is 1.72. The van der Waals surface area contributed by atoms with Crippen molar-refractivity contribution in [2.45, 2.75) is 49.8 Å². The second-order valence-corrected chi connectivity index (χ2v) is 6.22. The molecule has 2 fully saturated rings. The zero-order valence-electron chi connectivity index (χ0n) is 9.85. The second kappa shape index (κ2) is 5.76. The molecule has 0 aromatic carbocycles. The maximum Gasteiger partial charge on any atom is 0.306 e. The van der Waals surface area contributed by atoms with Gasteiger partial charge in [-0.3, -0.25) is 9.59 Å². The summed E-state index contributed by atoms with van der Waals surface area (Å²) in [4.78, 5) is 22.8. The smallest absolute Gasteiger partial charge is 0.306 e. The van der Waals surface area contributed by atoms with Crippen molar-refractivity contribution in [2.75, 3.05) is 5.75 Å². The largest absolute Gasteiger partial charge is 0.481 e. The van der Waals surface area contributed by atoms with Gasteiger partial charge < -0.3 is 10.4 Å². The number of carbonyl (C=O) groups is 2. The highest BCUT2D eigenvalue weighted by molar-refractivity contribution is 8.00. The maximum atomic E-state index is 11.9. The molecule has 96 valence electrons. The van der Waals surface area contributed by atoms with Gasteiger partial charge >= 0.3 is 5.97 Å². The van der Waals surface area contributed by atoms with E-state index in [0.29, 0.717) is 6.42 Å². The molecule has 3 atom stereocenters. The van der Waals surface area contributed by atoms with Crippen molar-refractivity contribution in [3.05, 3.63) is 0 Å². The third kappa shape index (κ3) is 3.37. The normalized spacial score (nSPS) is 33.3. The van der Waals surface area contributed by atoms with Crippen molar-refractivity contribution in [1.82, 2.24) is 5.32 Å². The van der Waals surface area contributed by atoms with Crippen LogP contribution < -0.4 is 5.32 Å². The molecule has 0 aromatic rings. The maximum absolute atomic E-state index is 11.9. The lowest BCUT2D eigenvalue weighted by atomic mass is 9.86. The van der Waals surface area contributed by atoms with Crippen LogP contribution in [0.2, 0.25) is 0 Å². The van der Waals surface area contributed by atoms with E-state index in [2.05, 4.69) is 5.32 Å². The minimum absolute atomic E-state index is 0.0681. The number of hydrogen-bond donors (Lipinski definition) is 2.